The minimum absolute atomic E-state index is 0.549. The molecule has 0 radical (unpaired) electrons. The zero-order valence-electron chi connectivity index (χ0n) is 33.9. The standard InChI is InChI=1S/C57H35N5O/c1-4-18-36(19-5-1)40-24-10-11-28-44(40)56-58-55(38-22-8-3-9-23-38)59-57(60-56)62-50-30-16-13-26-42(50)47-34-46-41-25-12-15-29-49(41)61(51(46)35-52(47)62)39-32-45(37-20-6-2-7-21-37)54-48(33-39)43-27-14-17-31-53(43)63-54/h1-35H. The number of furan rings is 1. The Kier molecular flexibility index (Phi) is 7.80. The van der Waals surface area contributed by atoms with Crippen LogP contribution in [-0.4, -0.2) is 24.1 Å². The van der Waals surface area contributed by atoms with E-state index in [1.165, 1.54) is 5.39 Å². The molecule has 0 amide bonds. The van der Waals surface area contributed by atoms with Gasteiger partial charge in [-0.25, -0.2) is 4.98 Å². The third-order valence-electron chi connectivity index (χ3n) is 12.4. The maximum absolute atomic E-state index is 6.63. The van der Waals surface area contributed by atoms with Gasteiger partial charge in [-0.15, -0.1) is 0 Å². The second kappa shape index (κ2) is 14.0. The molecule has 63 heavy (non-hydrogen) atoms. The second-order valence-electron chi connectivity index (χ2n) is 16.0. The van der Waals surface area contributed by atoms with E-state index in [1.54, 1.807) is 0 Å². The third-order valence-corrected chi connectivity index (χ3v) is 12.4. The van der Waals surface area contributed by atoms with Gasteiger partial charge in [0.1, 0.15) is 11.2 Å². The normalized spacial score (nSPS) is 11.8. The average molecular weight is 806 g/mol. The highest BCUT2D eigenvalue weighted by molar-refractivity contribution is 6.19. The van der Waals surface area contributed by atoms with E-state index in [-0.39, 0.29) is 0 Å². The molecule has 0 spiro atoms. The van der Waals surface area contributed by atoms with E-state index in [1.807, 2.05) is 30.3 Å². The summed E-state index contributed by atoms with van der Waals surface area (Å²) in [4.78, 5) is 15.9. The van der Waals surface area contributed by atoms with Crippen molar-refractivity contribution in [2.45, 2.75) is 0 Å². The highest BCUT2D eigenvalue weighted by Gasteiger charge is 2.23. The molecule has 0 unspecified atom stereocenters. The van der Waals surface area contributed by atoms with Crippen molar-refractivity contribution < 1.29 is 4.42 Å². The molecule has 0 N–H and O–H groups in total. The largest absolute Gasteiger partial charge is 0.455 e. The minimum atomic E-state index is 0.549. The summed E-state index contributed by atoms with van der Waals surface area (Å²) in [7, 11) is 0. The summed E-state index contributed by atoms with van der Waals surface area (Å²) in [6, 6.07) is 74.4. The molecule has 0 saturated carbocycles. The molecular formula is C57H35N5O. The molecule has 4 aromatic heterocycles. The molecule has 4 heterocycles. The summed E-state index contributed by atoms with van der Waals surface area (Å²) in [5.74, 6) is 1.76. The van der Waals surface area contributed by atoms with Gasteiger partial charge in [0.25, 0.3) is 0 Å². The summed E-state index contributed by atoms with van der Waals surface area (Å²) in [5.41, 5.74) is 13.1. The van der Waals surface area contributed by atoms with Gasteiger partial charge >= 0.3 is 0 Å². The van der Waals surface area contributed by atoms with Crippen LogP contribution >= 0.6 is 0 Å². The van der Waals surface area contributed by atoms with Gasteiger partial charge in [-0.05, 0) is 59.2 Å². The molecule has 13 aromatic rings. The molecule has 0 fully saturated rings. The highest BCUT2D eigenvalue weighted by Crippen LogP contribution is 2.43. The molecule has 0 aliphatic heterocycles. The Hall–Kier alpha value is -8.61. The zero-order chi connectivity index (χ0) is 41.4. The number of nitrogens with zero attached hydrogens (tertiary/aromatic N) is 5. The fraction of sp³-hybridized carbons (Fsp3) is 0. The van der Waals surface area contributed by atoms with Gasteiger partial charge < -0.3 is 8.98 Å². The molecule has 6 heteroatoms. The van der Waals surface area contributed by atoms with Crippen molar-refractivity contribution in [1.82, 2.24) is 24.1 Å². The second-order valence-corrected chi connectivity index (χ2v) is 16.0. The number of para-hydroxylation sites is 3. The third kappa shape index (κ3) is 5.55. The Morgan fingerprint density at radius 2 is 0.841 bits per heavy atom. The van der Waals surface area contributed by atoms with Gasteiger partial charge in [-0.1, -0.05) is 170 Å². The number of benzene rings is 9. The zero-order valence-corrected chi connectivity index (χ0v) is 33.9. The number of fused-ring (bicyclic) bond motifs is 9. The Morgan fingerprint density at radius 1 is 0.317 bits per heavy atom. The van der Waals surface area contributed by atoms with E-state index >= 15 is 0 Å². The first-order valence-electron chi connectivity index (χ1n) is 21.2. The van der Waals surface area contributed by atoms with E-state index in [9.17, 15) is 0 Å². The van der Waals surface area contributed by atoms with Crippen molar-refractivity contribution in [3.8, 4) is 56.7 Å². The number of aromatic nitrogens is 5. The van der Waals surface area contributed by atoms with Gasteiger partial charge in [0, 0.05) is 54.7 Å². The highest BCUT2D eigenvalue weighted by atomic mass is 16.3. The van der Waals surface area contributed by atoms with E-state index in [0.29, 0.717) is 17.6 Å². The van der Waals surface area contributed by atoms with Gasteiger partial charge in [-0.3, -0.25) is 4.57 Å². The maximum atomic E-state index is 6.63. The number of rotatable bonds is 6. The van der Waals surface area contributed by atoms with Crippen LogP contribution < -0.4 is 0 Å². The van der Waals surface area contributed by atoms with Crippen LogP contribution in [0.2, 0.25) is 0 Å². The molecule has 0 aliphatic carbocycles. The van der Waals surface area contributed by atoms with Crippen LogP contribution in [-0.2, 0) is 0 Å². The van der Waals surface area contributed by atoms with E-state index in [0.717, 1.165) is 99.2 Å². The van der Waals surface area contributed by atoms with Gasteiger partial charge in [0.15, 0.2) is 11.6 Å². The van der Waals surface area contributed by atoms with Crippen molar-refractivity contribution in [2.75, 3.05) is 0 Å². The van der Waals surface area contributed by atoms with Crippen molar-refractivity contribution >= 4 is 65.6 Å². The van der Waals surface area contributed by atoms with Crippen LogP contribution in [0.25, 0.3) is 122 Å². The molecule has 9 aromatic carbocycles. The Morgan fingerprint density at radius 3 is 1.54 bits per heavy atom. The fourth-order valence-corrected chi connectivity index (χ4v) is 9.55. The molecule has 13 rings (SSSR count). The number of hydrogen-bond donors (Lipinski definition) is 0. The Bertz CT molecular complexity index is 3900. The molecular weight excluding hydrogens is 771 g/mol. The minimum Gasteiger partial charge on any atom is -0.455 e. The molecule has 0 atom stereocenters. The first-order chi connectivity index (χ1) is 31.2. The molecule has 0 aliphatic rings. The van der Waals surface area contributed by atoms with Crippen molar-refractivity contribution in [2.24, 2.45) is 0 Å². The molecule has 0 saturated heterocycles. The van der Waals surface area contributed by atoms with E-state index in [2.05, 4.69) is 191 Å². The summed E-state index contributed by atoms with van der Waals surface area (Å²) >= 11 is 0. The van der Waals surface area contributed by atoms with E-state index < -0.39 is 0 Å². The molecule has 0 bridgehead atoms. The first kappa shape index (κ1) is 35.2. The van der Waals surface area contributed by atoms with Gasteiger partial charge in [0.05, 0.1) is 22.1 Å². The van der Waals surface area contributed by atoms with Gasteiger partial charge in [0.2, 0.25) is 5.95 Å². The van der Waals surface area contributed by atoms with Gasteiger partial charge in [-0.2, -0.15) is 9.97 Å². The van der Waals surface area contributed by atoms with Crippen LogP contribution in [0.15, 0.2) is 217 Å². The SMILES string of the molecule is c1ccc(-c2nc(-c3ccccc3-c3ccccc3)nc(-n3c4ccccc4c4cc5c6ccccc6n(-c6cc(-c7ccccc7)c7oc8ccccc8c7c6)c5cc43)n2)cc1. The monoisotopic (exact) mass is 805 g/mol. The van der Waals surface area contributed by atoms with Crippen molar-refractivity contribution in [3.63, 3.8) is 0 Å². The molecule has 294 valence electrons. The summed E-state index contributed by atoms with van der Waals surface area (Å²) < 4.78 is 11.3. The van der Waals surface area contributed by atoms with Crippen LogP contribution in [0.5, 0.6) is 0 Å². The van der Waals surface area contributed by atoms with Crippen LogP contribution in [0.4, 0.5) is 0 Å². The lowest BCUT2D eigenvalue weighted by Crippen LogP contribution is -2.07. The topological polar surface area (TPSA) is 61.7 Å². The van der Waals surface area contributed by atoms with E-state index in [4.69, 9.17) is 19.4 Å². The predicted octanol–water partition coefficient (Wildman–Crippen LogP) is 14.6. The quantitative estimate of drug-likeness (QED) is 0.168. The fourth-order valence-electron chi connectivity index (χ4n) is 9.55. The first-order valence-corrected chi connectivity index (χ1v) is 21.2. The average Bonchev–Trinajstić information content (AvgIpc) is 4.01. The van der Waals surface area contributed by atoms with Crippen molar-refractivity contribution in [1.29, 1.82) is 0 Å². The lowest BCUT2D eigenvalue weighted by molar-refractivity contribution is 0.670. The Labute approximate surface area is 361 Å². The summed E-state index contributed by atoms with van der Waals surface area (Å²) in [6.07, 6.45) is 0. The van der Waals surface area contributed by atoms with Crippen LogP contribution in [0, 0.1) is 0 Å². The van der Waals surface area contributed by atoms with Crippen molar-refractivity contribution in [3.05, 3.63) is 212 Å². The lowest BCUT2D eigenvalue weighted by atomic mass is 9.99. The smallest absolute Gasteiger partial charge is 0.238 e. The maximum Gasteiger partial charge on any atom is 0.238 e. The summed E-state index contributed by atoms with van der Waals surface area (Å²) in [6.45, 7) is 0. The lowest BCUT2D eigenvalue weighted by Gasteiger charge is -2.14. The number of hydrogen-bond acceptors (Lipinski definition) is 4. The van der Waals surface area contributed by atoms with Crippen LogP contribution in [0.1, 0.15) is 0 Å². The molecule has 6 nitrogen and oxygen atoms in total. The Balaban J connectivity index is 1.12. The summed E-state index contributed by atoms with van der Waals surface area (Å²) in [5, 5.41) is 6.74. The van der Waals surface area contributed by atoms with Crippen LogP contribution in [0.3, 0.4) is 0 Å². The predicted molar refractivity (Wildman–Crippen MR) is 258 cm³/mol.